The number of ether oxygens (including phenoxy) is 3. The van der Waals surface area contributed by atoms with Crippen molar-refractivity contribution < 1.29 is 14.2 Å². The van der Waals surface area contributed by atoms with Crippen LogP contribution in [0, 0.1) is 0 Å². The normalized spacial score (nSPS) is 28.7. The molecule has 2 heterocycles. The van der Waals surface area contributed by atoms with E-state index in [-0.39, 0.29) is 6.10 Å². The van der Waals surface area contributed by atoms with Gasteiger partial charge >= 0.3 is 0 Å². The predicted molar refractivity (Wildman–Crippen MR) is 89.4 cm³/mol. The van der Waals surface area contributed by atoms with E-state index in [1.165, 1.54) is 16.7 Å². The average Bonchev–Trinajstić information content (AvgIpc) is 2.93. The summed E-state index contributed by atoms with van der Waals surface area (Å²) in [6.45, 7) is 2.09. The van der Waals surface area contributed by atoms with Crippen LogP contribution in [0.4, 0.5) is 0 Å². The summed E-state index contributed by atoms with van der Waals surface area (Å²) in [5.41, 5.74) is 4.10. The third-order valence-corrected chi connectivity index (χ3v) is 5.41. The smallest absolute Gasteiger partial charge is 0.161 e. The summed E-state index contributed by atoms with van der Waals surface area (Å²) in [7, 11) is 5.19. The number of methoxy groups -OCH3 is 3. The van der Waals surface area contributed by atoms with Crippen LogP contribution in [-0.2, 0) is 11.2 Å². The summed E-state index contributed by atoms with van der Waals surface area (Å²) in [6.07, 6.45) is 7.91. The number of hydrogen-bond acceptors (Lipinski definition) is 4. The Hall–Kier alpha value is -1.78. The maximum atomic E-state index is 5.81. The van der Waals surface area contributed by atoms with Crippen molar-refractivity contribution in [3.63, 3.8) is 0 Å². The summed E-state index contributed by atoms with van der Waals surface area (Å²) >= 11 is 0. The van der Waals surface area contributed by atoms with Crippen LogP contribution in [0.15, 0.2) is 35.9 Å². The Bertz CT molecular complexity index is 679. The van der Waals surface area contributed by atoms with Crippen molar-refractivity contribution >= 4 is 0 Å². The Labute approximate surface area is 137 Å². The lowest BCUT2D eigenvalue weighted by Gasteiger charge is -2.37. The summed E-state index contributed by atoms with van der Waals surface area (Å²) < 4.78 is 16.9. The standard InChI is InChI=1S/C19H23NO3/c1-21-15-5-4-12-6-8-20-9-7-13-10-16(22-2)17(23-3)11-14(13)18(15)19(12)20/h4-6,10-11,15,18-19H,7-9H2,1-3H3/t15-,18-,19+/m1/s1. The molecule has 3 atom stereocenters. The Morgan fingerprint density at radius 1 is 1.09 bits per heavy atom. The first-order valence-corrected chi connectivity index (χ1v) is 8.16. The van der Waals surface area contributed by atoms with Crippen molar-refractivity contribution in [1.82, 2.24) is 4.90 Å². The van der Waals surface area contributed by atoms with E-state index in [0.717, 1.165) is 31.0 Å². The maximum absolute atomic E-state index is 5.81. The van der Waals surface area contributed by atoms with E-state index in [0.29, 0.717) is 12.0 Å². The van der Waals surface area contributed by atoms with E-state index in [9.17, 15) is 0 Å². The lowest BCUT2D eigenvalue weighted by atomic mass is 9.78. The molecule has 1 aromatic carbocycles. The van der Waals surface area contributed by atoms with E-state index in [2.05, 4.69) is 35.3 Å². The van der Waals surface area contributed by atoms with Crippen LogP contribution in [0.25, 0.3) is 0 Å². The molecule has 4 nitrogen and oxygen atoms in total. The van der Waals surface area contributed by atoms with Crippen molar-refractivity contribution in [3.8, 4) is 11.5 Å². The second kappa shape index (κ2) is 5.69. The summed E-state index contributed by atoms with van der Waals surface area (Å²) in [5.74, 6) is 1.91. The molecule has 122 valence electrons. The fraction of sp³-hybridized carbons (Fsp3) is 0.474. The van der Waals surface area contributed by atoms with Crippen LogP contribution >= 0.6 is 0 Å². The van der Waals surface area contributed by atoms with Crippen LogP contribution < -0.4 is 9.47 Å². The molecule has 0 saturated carbocycles. The van der Waals surface area contributed by atoms with Crippen LogP contribution in [0.2, 0.25) is 0 Å². The van der Waals surface area contributed by atoms with Gasteiger partial charge in [0.2, 0.25) is 0 Å². The van der Waals surface area contributed by atoms with E-state index in [4.69, 9.17) is 14.2 Å². The first-order valence-electron chi connectivity index (χ1n) is 8.16. The monoisotopic (exact) mass is 313 g/mol. The summed E-state index contributed by atoms with van der Waals surface area (Å²) in [5, 5.41) is 0. The van der Waals surface area contributed by atoms with Crippen molar-refractivity contribution in [2.75, 3.05) is 34.4 Å². The zero-order valence-corrected chi connectivity index (χ0v) is 13.9. The molecule has 23 heavy (non-hydrogen) atoms. The van der Waals surface area contributed by atoms with Gasteiger partial charge in [-0.25, -0.2) is 0 Å². The number of rotatable bonds is 3. The Morgan fingerprint density at radius 3 is 2.61 bits per heavy atom. The zero-order chi connectivity index (χ0) is 16.0. The molecule has 0 N–H and O–H groups in total. The molecule has 1 aromatic rings. The topological polar surface area (TPSA) is 30.9 Å². The fourth-order valence-corrected chi connectivity index (χ4v) is 4.30. The number of benzene rings is 1. The third kappa shape index (κ3) is 2.20. The number of nitrogens with zero attached hydrogens (tertiary/aromatic N) is 1. The highest BCUT2D eigenvalue weighted by Crippen LogP contribution is 2.45. The largest absolute Gasteiger partial charge is 0.493 e. The van der Waals surface area contributed by atoms with Crippen LogP contribution in [-0.4, -0.2) is 51.5 Å². The van der Waals surface area contributed by atoms with Crippen molar-refractivity contribution in [3.05, 3.63) is 47.1 Å². The molecule has 0 spiro atoms. The van der Waals surface area contributed by atoms with Gasteiger partial charge in [0.05, 0.1) is 20.3 Å². The van der Waals surface area contributed by atoms with Gasteiger partial charge in [-0.1, -0.05) is 18.2 Å². The fourth-order valence-electron chi connectivity index (χ4n) is 4.30. The number of fused-ring (bicyclic) bond motifs is 2. The summed E-state index contributed by atoms with van der Waals surface area (Å²) in [4.78, 5) is 2.56. The molecule has 0 fully saturated rings. The van der Waals surface area contributed by atoms with Gasteiger partial charge in [-0.15, -0.1) is 0 Å². The molecule has 0 aromatic heterocycles. The first-order chi connectivity index (χ1) is 11.3. The highest BCUT2D eigenvalue weighted by atomic mass is 16.5. The van der Waals surface area contributed by atoms with Gasteiger partial charge in [-0.05, 0) is 35.3 Å². The molecular formula is C19H23NO3. The van der Waals surface area contributed by atoms with Crippen LogP contribution in [0.1, 0.15) is 17.0 Å². The van der Waals surface area contributed by atoms with Gasteiger partial charge in [-0.3, -0.25) is 4.90 Å². The lowest BCUT2D eigenvalue weighted by Crippen LogP contribution is -2.42. The second-order valence-corrected chi connectivity index (χ2v) is 6.39. The molecule has 4 rings (SSSR count). The minimum atomic E-state index is 0.0905. The Morgan fingerprint density at radius 2 is 1.87 bits per heavy atom. The van der Waals surface area contributed by atoms with E-state index >= 15 is 0 Å². The Kier molecular flexibility index (Phi) is 3.66. The third-order valence-electron chi connectivity index (χ3n) is 5.41. The van der Waals surface area contributed by atoms with E-state index in [1.54, 1.807) is 21.3 Å². The van der Waals surface area contributed by atoms with Crippen LogP contribution in [0.3, 0.4) is 0 Å². The lowest BCUT2D eigenvalue weighted by molar-refractivity contribution is 0.0845. The van der Waals surface area contributed by atoms with E-state index < -0.39 is 0 Å². The van der Waals surface area contributed by atoms with Gasteiger partial charge < -0.3 is 14.2 Å². The molecular weight excluding hydrogens is 290 g/mol. The molecule has 0 radical (unpaired) electrons. The molecule has 0 bridgehead atoms. The molecule has 0 amide bonds. The first kappa shape index (κ1) is 14.8. The van der Waals surface area contributed by atoms with Gasteiger partial charge in [0.25, 0.3) is 0 Å². The van der Waals surface area contributed by atoms with Gasteiger partial charge in [0, 0.05) is 32.2 Å². The highest BCUT2D eigenvalue weighted by Gasteiger charge is 2.43. The van der Waals surface area contributed by atoms with Crippen LogP contribution in [0.5, 0.6) is 11.5 Å². The van der Waals surface area contributed by atoms with E-state index in [1.807, 2.05) is 0 Å². The summed E-state index contributed by atoms with van der Waals surface area (Å²) in [6, 6.07) is 4.71. The maximum Gasteiger partial charge on any atom is 0.161 e. The van der Waals surface area contributed by atoms with Gasteiger partial charge in [0.1, 0.15) is 0 Å². The highest BCUT2D eigenvalue weighted by molar-refractivity contribution is 5.53. The molecule has 2 aliphatic heterocycles. The van der Waals surface area contributed by atoms with Gasteiger partial charge in [0.15, 0.2) is 11.5 Å². The molecule has 4 heteroatoms. The quantitative estimate of drug-likeness (QED) is 0.858. The van der Waals surface area contributed by atoms with Crippen molar-refractivity contribution in [1.29, 1.82) is 0 Å². The molecule has 1 aliphatic carbocycles. The molecule has 3 aliphatic rings. The minimum Gasteiger partial charge on any atom is -0.493 e. The Balaban J connectivity index is 1.88. The molecule has 0 saturated heterocycles. The second-order valence-electron chi connectivity index (χ2n) is 6.39. The predicted octanol–water partition coefficient (Wildman–Crippen LogP) is 2.54. The average molecular weight is 313 g/mol. The van der Waals surface area contributed by atoms with Gasteiger partial charge in [-0.2, -0.15) is 0 Å². The van der Waals surface area contributed by atoms with Crippen molar-refractivity contribution in [2.24, 2.45) is 0 Å². The number of hydrogen-bond donors (Lipinski definition) is 0. The minimum absolute atomic E-state index is 0.0905. The SMILES string of the molecule is COc1cc2c(cc1OC)[C@@H]1[C@H](OC)C=CC3=CCN(CC2)[C@@H]31. The van der Waals surface area contributed by atoms with Crippen molar-refractivity contribution in [2.45, 2.75) is 24.5 Å². The molecule has 0 unspecified atom stereocenters. The zero-order valence-electron chi connectivity index (χ0n) is 13.9.